The highest BCUT2D eigenvalue weighted by molar-refractivity contribution is 6.03. The van der Waals surface area contributed by atoms with E-state index in [2.05, 4.69) is 15.6 Å². The van der Waals surface area contributed by atoms with E-state index in [0.29, 0.717) is 17.6 Å². The summed E-state index contributed by atoms with van der Waals surface area (Å²) in [6.45, 7) is 0. The number of nitriles is 1. The van der Waals surface area contributed by atoms with Gasteiger partial charge in [0, 0.05) is 44.8 Å². The molecule has 0 N–H and O–H groups in total. The molecule has 0 unspecified atom stereocenters. The molecule has 33 heavy (non-hydrogen) atoms. The van der Waals surface area contributed by atoms with Crippen molar-refractivity contribution in [2.45, 2.75) is 38.1 Å². The van der Waals surface area contributed by atoms with Crippen LogP contribution in [0.2, 0.25) is 0 Å². The smallest absolute Gasteiger partial charge is 0.264 e. The molecule has 0 aromatic carbocycles. The van der Waals surface area contributed by atoms with E-state index in [1.807, 2.05) is 36.1 Å². The van der Waals surface area contributed by atoms with Gasteiger partial charge in [-0.2, -0.15) is 5.26 Å². The zero-order valence-corrected chi connectivity index (χ0v) is 19.1. The van der Waals surface area contributed by atoms with Crippen molar-refractivity contribution in [1.82, 2.24) is 24.0 Å². The minimum absolute atomic E-state index is 0.0249. The molecule has 8 heteroatoms. The van der Waals surface area contributed by atoms with Crippen LogP contribution in [-0.2, 0) is 11.8 Å². The number of imidazole rings is 1. The molecule has 1 aliphatic carbocycles. The second-order valence-electron chi connectivity index (χ2n) is 8.82. The van der Waals surface area contributed by atoms with Gasteiger partial charge in [-0.05, 0) is 31.0 Å². The molecule has 0 aliphatic heterocycles. The highest BCUT2D eigenvalue weighted by Gasteiger charge is 2.26. The number of hydrogen-bond donors (Lipinski definition) is 0. The number of hydrogen-bond acceptors (Lipinski definition) is 5. The third-order valence-electron chi connectivity index (χ3n) is 6.37. The molecule has 0 bridgehead atoms. The molecule has 0 spiro atoms. The van der Waals surface area contributed by atoms with E-state index in [-0.39, 0.29) is 11.5 Å². The lowest BCUT2D eigenvalue weighted by atomic mass is 9.95. The third-order valence-corrected chi connectivity index (χ3v) is 6.37. The van der Waals surface area contributed by atoms with Crippen LogP contribution >= 0.6 is 0 Å². The first-order valence-electron chi connectivity index (χ1n) is 11.2. The molecule has 0 radical (unpaired) electrons. The van der Waals surface area contributed by atoms with E-state index < -0.39 is 0 Å². The average Bonchev–Trinajstić information content (AvgIpc) is 3.54. The first-order chi connectivity index (χ1) is 16.0. The molecular formula is C25H26N6O2. The molecule has 1 amide bonds. The monoisotopic (exact) mass is 442 g/mol. The van der Waals surface area contributed by atoms with Gasteiger partial charge in [-0.15, -0.1) is 0 Å². The number of aromatic nitrogens is 4. The van der Waals surface area contributed by atoms with Crippen molar-refractivity contribution in [3.8, 4) is 17.7 Å². The maximum absolute atomic E-state index is 12.2. The Hall–Kier alpha value is -3.86. The number of amides is 1. The molecule has 0 saturated heterocycles. The van der Waals surface area contributed by atoms with Gasteiger partial charge < -0.3 is 18.5 Å². The molecule has 168 valence electrons. The van der Waals surface area contributed by atoms with Crippen LogP contribution in [0.4, 0.5) is 0 Å². The van der Waals surface area contributed by atoms with Crippen LogP contribution < -0.4 is 0 Å². The molecule has 5 rings (SSSR count). The van der Waals surface area contributed by atoms with E-state index in [0.717, 1.165) is 40.7 Å². The molecule has 1 fully saturated rings. The third kappa shape index (κ3) is 3.59. The van der Waals surface area contributed by atoms with Gasteiger partial charge in [-0.25, -0.2) is 9.97 Å². The number of nitrogens with zero attached hydrogens (tertiary/aromatic N) is 6. The first kappa shape index (κ1) is 21.0. The summed E-state index contributed by atoms with van der Waals surface area (Å²) < 4.78 is 10.4. The Bertz CT molecular complexity index is 1420. The van der Waals surface area contributed by atoms with Gasteiger partial charge in [0.05, 0.1) is 11.7 Å². The molecule has 1 aliphatic rings. The maximum atomic E-state index is 12.2. The summed E-state index contributed by atoms with van der Waals surface area (Å²) in [5.74, 6) is 1.46. The SMILES string of the molecule is CN(C)C(=O)/C(C#N)=C/c1ccc(-c2nc3cnc4c(ccn4C)c3n2C2CCCCC2)o1. The Balaban J connectivity index is 1.67. The Labute approximate surface area is 191 Å². The molecule has 0 atom stereocenters. The Morgan fingerprint density at radius 1 is 1.24 bits per heavy atom. The van der Waals surface area contributed by atoms with Crippen LogP contribution in [0.15, 0.2) is 40.6 Å². The number of carbonyl (C=O) groups is 1. The highest BCUT2D eigenvalue weighted by Crippen LogP contribution is 2.38. The zero-order chi connectivity index (χ0) is 23.1. The topological polar surface area (TPSA) is 92.9 Å². The highest BCUT2D eigenvalue weighted by atomic mass is 16.3. The van der Waals surface area contributed by atoms with Gasteiger partial charge in [0.25, 0.3) is 5.91 Å². The predicted molar refractivity (Wildman–Crippen MR) is 126 cm³/mol. The van der Waals surface area contributed by atoms with Crippen molar-refractivity contribution in [1.29, 1.82) is 5.26 Å². The minimum atomic E-state index is -0.359. The molecule has 8 nitrogen and oxygen atoms in total. The van der Waals surface area contributed by atoms with Gasteiger partial charge >= 0.3 is 0 Å². The number of carbonyl (C=O) groups excluding carboxylic acids is 1. The van der Waals surface area contributed by atoms with Gasteiger partial charge in [0.15, 0.2) is 11.6 Å². The number of fused-ring (bicyclic) bond motifs is 3. The fraction of sp³-hybridized carbons (Fsp3) is 0.360. The van der Waals surface area contributed by atoms with Gasteiger partial charge in [0.1, 0.15) is 28.6 Å². The van der Waals surface area contributed by atoms with E-state index in [1.54, 1.807) is 20.2 Å². The zero-order valence-electron chi connectivity index (χ0n) is 19.1. The van der Waals surface area contributed by atoms with Crippen molar-refractivity contribution in [2.75, 3.05) is 14.1 Å². The van der Waals surface area contributed by atoms with Crippen LogP contribution in [0.1, 0.15) is 43.9 Å². The van der Waals surface area contributed by atoms with Crippen LogP contribution in [-0.4, -0.2) is 44.0 Å². The quantitative estimate of drug-likeness (QED) is 0.338. The van der Waals surface area contributed by atoms with Crippen molar-refractivity contribution in [3.63, 3.8) is 0 Å². The fourth-order valence-electron chi connectivity index (χ4n) is 4.74. The molecular weight excluding hydrogens is 416 g/mol. The van der Waals surface area contributed by atoms with Crippen LogP contribution in [0, 0.1) is 11.3 Å². The van der Waals surface area contributed by atoms with E-state index >= 15 is 0 Å². The summed E-state index contributed by atoms with van der Waals surface area (Å²) in [7, 11) is 5.23. The van der Waals surface area contributed by atoms with Gasteiger partial charge in [-0.1, -0.05) is 19.3 Å². The number of aryl methyl sites for hydroxylation is 1. The summed E-state index contributed by atoms with van der Waals surface area (Å²) in [4.78, 5) is 23.2. The van der Waals surface area contributed by atoms with Gasteiger partial charge in [-0.3, -0.25) is 4.79 Å². The first-order valence-corrected chi connectivity index (χ1v) is 11.2. The number of pyridine rings is 1. The number of furan rings is 1. The predicted octanol–water partition coefficient (Wildman–Crippen LogP) is 4.68. The minimum Gasteiger partial charge on any atom is -0.453 e. The van der Waals surface area contributed by atoms with E-state index in [1.165, 1.54) is 30.2 Å². The van der Waals surface area contributed by atoms with Gasteiger partial charge in [0.2, 0.25) is 0 Å². The fourth-order valence-corrected chi connectivity index (χ4v) is 4.74. The van der Waals surface area contributed by atoms with Crippen LogP contribution in [0.5, 0.6) is 0 Å². The second-order valence-corrected chi connectivity index (χ2v) is 8.82. The van der Waals surface area contributed by atoms with Crippen molar-refractivity contribution in [3.05, 3.63) is 41.9 Å². The normalized spacial score (nSPS) is 15.3. The Kier molecular flexibility index (Phi) is 5.25. The lowest BCUT2D eigenvalue weighted by molar-refractivity contribution is -0.124. The Morgan fingerprint density at radius 3 is 2.76 bits per heavy atom. The number of likely N-dealkylation sites (N-methyl/N-ethyl adjacent to an activating group) is 1. The summed E-state index contributed by atoms with van der Waals surface area (Å²) in [6.07, 6.45) is 11.2. The standard InChI is InChI=1S/C25H26N6O2/c1-29(2)25(32)16(14-26)13-18-9-10-21(33-18)24-28-20-15-27-23-19(11-12-30(23)3)22(20)31(24)17-7-5-4-6-8-17/h9-13,15,17H,4-8H2,1-3H3/b16-13+. The van der Waals surface area contributed by atoms with Crippen molar-refractivity contribution >= 4 is 34.1 Å². The molecule has 4 heterocycles. The molecule has 1 saturated carbocycles. The summed E-state index contributed by atoms with van der Waals surface area (Å²) in [6, 6.07) is 8.03. The largest absolute Gasteiger partial charge is 0.453 e. The van der Waals surface area contributed by atoms with Crippen molar-refractivity contribution in [2.24, 2.45) is 7.05 Å². The van der Waals surface area contributed by atoms with E-state index in [9.17, 15) is 10.1 Å². The van der Waals surface area contributed by atoms with Crippen molar-refractivity contribution < 1.29 is 9.21 Å². The summed E-state index contributed by atoms with van der Waals surface area (Å²) >= 11 is 0. The molecule has 4 aromatic heterocycles. The lowest BCUT2D eigenvalue weighted by Crippen LogP contribution is -2.22. The Morgan fingerprint density at radius 2 is 2.03 bits per heavy atom. The van der Waals surface area contributed by atoms with Crippen LogP contribution in [0.25, 0.3) is 39.7 Å². The lowest BCUT2D eigenvalue weighted by Gasteiger charge is -2.25. The summed E-state index contributed by atoms with van der Waals surface area (Å²) in [5.41, 5.74) is 2.87. The van der Waals surface area contributed by atoms with Crippen LogP contribution in [0.3, 0.4) is 0 Å². The maximum Gasteiger partial charge on any atom is 0.264 e. The average molecular weight is 443 g/mol. The second kappa shape index (κ2) is 8.24. The van der Waals surface area contributed by atoms with E-state index in [4.69, 9.17) is 9.40 Å². The number of rotatable bonds is 4. The molecule has 4 aromatic rings. The summed E-state index contributed by atoms with van der Waals surface area (Å²) in [5, 5.41) is 10.5.